The molecule has 11 N–H and O–H groups in total. The summed E-state index contributed by atoms with van der Waals surface area (Å²) < 4.78 is 38.9. The first-order chi connectivity index (χ1) is 19.7. The maximum absolute atomic E-state index is 10.9. The number of ether oxygens (including phenoxy) is 7. The summed E-state index contributed by atoms with van der Waals surface area (Å²) in [6.07, 6.45) is -30.6. The van der Waals surface area contributed by atoms with E-state index in [2.05, 4.69) is 0 Å². The molecule has 0 saturated carbocycles. The fraction of sp³-hybridized carbons (Fsp3) is 1.00. The minimum absolute atomic E-state index is 0.749. The minimum atomic E-state index is -1.85. The lowest BCUT2D eigenvalue weighted by Gasteiger charge is -2.48. The Labute approximate surface area is 240 Å². The van der Waals surface area contributed by atoms with Crippen LogP contribution in [0.5, 0.6) is 0 Å². The van der Waals surface area contributed by atoms with Gasteiger partial charge in [-0.05, 0) is 20.8 Å². The zero-order chi connectivity index (χ0) is 31.2. The Hall–Kier alpha value is -0.720. The van der Waals surface area contributed by atoms with E-state index in [-0.39, 0.29) is 0 Å². The molecule has 18 heteroatoms. The van der Waals surface area contributed by atoms with Crippen molar-refractivity contribution in [2.24, 2.45) is 0 Å². The van der Waals surface area contributed by atoms with E-state index in [9.17, 15) is 56.2 Å². The first-order valence-electron chi connectivity index (χ1n) is 13.7. The van der Waals surface area contributed by atoms with Crippen molar-refractivity contribution in [3.05, 3.63) is 0 Å². The highest BCUT2D eigenvalue weighted by Crippen LogP contribution is 2.34. The van der Waals surface area contributed by atoms with E-state index < -0.39 is 129 Å². The van der Waals surface area contributed by atoms with Crippen LogP contribution in [0.15, 0.2) is 0 Å². The average molecular weight is 619 g/mol. The standard InChI is InChI=1S/C24H42O18/c1-5-9(26)12(29)20(42-23-16(33)11(28)10(27)8(4-25)39-23)24(37-5)41-19-7(3)38-22(17(34)14(19)31)40-18-6(2)36-21(35)15(32)13(18)30/h5-35H,4H2,1-3H3/t5-,6-,7-,8+,9-,10+,11-,12+,13-,14-,15+,16+,17+,18-,19-,20+,21?,22-,23-,24-/m0/s1. The highest BCUT2D eigenvalue weighted by atomic mass is 16.8. The third-order valence-electron chi connectivity index (χ3n) is 8.08. The lowest BCUT2D eigenvalue weighted by molar-refractivity contribution is -0.390. The molecule has 0 amide bonds. The van der Waals surface area contributed by atoms with E-state index in [0.29, 0.717) is 0 Å². The van der Waals surface area contributed by atoms with Crippen LogP contribution < -0.4 is 0 Å². The molecule has 0 radical (unpaired) electrons. The fourth-order valence-corrected chi connectivity index (χ4v) is 5.42. The molecule has 0 aromatic rings. The van der Waals surface area contributed by atoms with E-state index in [1.165, 1.54) is 20.8 Å². The van der Waals surface area contributed by atoms with Crippen molar-refractivity contribution in [2.75, 3.05) is 6.61 Å². The fourth-order valence-electron chi connectivity index (χ4n) is 5.42. The van der Waals surface area contributed by atoms with Crippen LogP contribution >= 0.6 is 0 Å². The summed E-state index contributed by atoms with van der Waals surface area (Å²) in [7, 11) is 0. The van der Waals surface area contributed by atoms with Crippen LogP contribution in [0.1, 0.15) is 20.8 Å². The molecule has 18 nitrogen and oxygen atoms in total. The third-order valence-corrected chi connectivity index (χ3v) is 8.08. The molecule has 4 aliphatic rings. The Morgan fingerprint density at radius 3 is 1.50 bits per heavy atom. The molecule has 4 rings (SSSR count). The molecule has 246 valence electrons. The van der Waals surface area contributed by atoms with Crippen LogP contribution in [-0.4, -0.2) is 186 Å². The Bertz CT molecular complexity index is 867. The van der Waals surface area contributed by atoms with Crippen molar-refractivity contribution >= 4 is 0 Å². The van der Waals surface area contributed by atoms with E-state index in [1.54, 1.807) is 0 Å². The van der Waals surface area contributed by atoms with Crippen LogP contribution in [0.25, 0.3) is 0 Å². The molecule has 4 fully saturated rings. The van der Waals surface area contributed by atoms with Gasteiger partial charge in [-0.1, -0.05) is 0 Å². The predicted molar refractivity (Wildman–Crippen MR) is 130 cm³/mol. The van der Waals surface area contributed by atoms with Crippen molar-refractivity contribution < 1.29 is 89.3 Å². The molecule has 4 aliphatic heterocycles. The lowest BCUT2D eigenvalue weighted by atomic mass is 9.96. The van der Waals surface area contributed by atoms with Crippen molar-refractivity contribution in [1.82, 2.24) is 0 Å². The quantitative estimate of drug-likeness (QED) is 0.126. The molecule has 0 spiro atoms. The monoisotopic (exact) mass is 618 g/mol. The number of aliphatic hydroxyl groups is 11. The second-order valence-corrected chi connectivity index (χ2v) is 11.1. The van der Waals surface area contributed by atoms with Gasteiger partial charge in [0.25, 0.3) is 0 Å². The zero-order valence-corrected chi connectivity index (χ0v) is 23.0. The van der Waals surface area contributed by atoms with Gasteiger partial charge in [0.1, 0.15) is 79.4 Å². The van der Waals surface area contributed by atoms with Crippen LogP contribution in [0.3, 0.4) is 0 Å². The highest BCUT2D eigenvalue weighted by Gasteiger charge is 2.54. The predicted octanol–water partition coefficient (Wildman–Crippen LogP) is -6.67. The van der Waals surface area contributed by atoms with Gasteiger partial charge in [0, 0.05) is 0 Å². The van der Waals surface area contributed by atoms with Gasteiger partial charge < -0.3 is 89.3 Å². The molecule has 0 bridgehead atoms. The number of aliphatic hydroxyl groups excluding tert-OH is 11. The molecule has 0 aromatic heterocycles. The molecule has 42 heavy (non-hydrogen) atoms. The van der Waals surface area contributed by atoms with Crippen molar-refractivity contribution in [2.45, 2.75) is 144 Å². The van der Waals surface area contributed by atoms with Crippen molar-refractivity contribution in [3.8, 4) is 0 Å². The molecule has 1 unspecified atom stereocenters. The third kappa shape index (κ3) is 6.62. The summed E-state index contributed by atoms with van der Waals surface area (Å²) in [5.41, 5.74) is 0. The molecule has 0 aromatic carbocycles. The van der Waals surface area contributed by atoms with Gasteiger partial charge in [-0.2, -0.15) is 0 Å². The van der Waals surface area contributed by atoms with Gasteiger partial charge in [0.05, 0.1) is 24.9 Å². The van der Waals surface area contributed by atoms with Gasteiger partial charge in [-0.3, -0.25) is 0 Å². The SMILES string of the molecule is C[C@@H]1O[C@@H](O[C@@H]2[C@@H](O)[C@@H](O)[C@H](O[C@@H]3[C@@H](O)[C@@H](O)C(O)O[C@H]3C)O[C@H]2C)[C@H](O[C@@H]2O[C@H](CO)[C@@H](O)[C@H](O)[C@H]2O)[C@H](O)[C@H]1O. The summed E-state index contributed by atoms with van der Waals surface area (Å²) in [5, 5.41) is 113. The van der Waals surface area contributed by atoms with Gasteiger partial charge >= 0.3 is 0 Å². The van der Waals surface area contributed by atoms with Gasteiger partial charge in [0.2, 0.25) is 0 Å². The average Bonchev–Trinajstić information content (AvgIpc) is 2.95. The molecular formula is C24H42O18. The summed E-state index contributed by atoms with van der Waals surface area (Å²) in [5.74, 6) is 0. The Morgan fingerprint density at radius 1 is 0.429 bits per heavy atom. The summed E-state index contributed by atoms with van der Waals surface area (Å²) >= 11 is 0. The normalized spacial score (nSPS) is 55.9. The Morgan fingerprint density at radius 2 is 0.881 bits per heavy atom. The van der Waals surface area contributed by atoms with E-state index in [1.807, 2.05) is 0 Å². The summed E-state index contributed by atoms with van der Waals surface area (Å²) in [4.78, 5) is 0. The summed E-state index contributed by atoms with van der Waals surface area (Å²) in [6.45, 7) is 3.55. The Balaban J connectivity index is 1.47. The summed E-state index contributed by atoms with van der Waals surface area (Å²) in [6, 6.07) is 0. The lowest BCUT2D eigenvalue weighted by Crippen LogP contribution is -2.66. The van der Waals surface area contributed by atoms with Crippen LogP contribution in [0.4, 0.5) is 0 Å². The Kier molecular flexibility index (Phi) is 11.2. The van der Waals surface area contributed by atoms with Gasteiger partial charge in [-0.25, -0.2) is 0 Å². The zero-order valence-electron chi connectivity index (χ0n) is 23.0. The van der Waals surface area contributed by atoms with Crippen LogP contribution in [0.2, 0.25) is 0 Å². The number of hydrogen-bond acceptors (Lipinski definition) is 18. The van der Waals surface area contributed by atoms with Crippen molar-refractivity contribution in [1.29, 1.82) is 0 Å². The highest BCUT2D eigenvalue weighted by molar-refractivity contribution is 4.96. The first-order valence-corrected chi connectivity index (χ1v) is 13.7. The van der Waals surface area contributed by atoms with Crippen LogP contribution in [0, 0.1) is 0 Å². The second kappa shape index (κ2) is 13.7. The molecule has 4 saturated heterocycles. The van der Waals surface area contributed by atoms with Gasteiger partial charge in [-0.15, -0.1) is 0 Å². The molecule has 4 heterocycles. The number of rotatable bonds is 7. The smallest absolute Gasteiger partial charge is 0.187 e. The van der Waals surface area contributed by atoms with E-state index in [4.69, 9.17) is 33.2 Å². The van der Waals surface area contributed by atoms with Crippen molar-refractivity contribution in [3.63, 3.8) is 0 Å². The number of hydrogen-bond donors (Lipinski definition) is 11. The molecule has 20 atom stereocenters. The first kappa shape index (κ1) is 34.2. The second-order valence-electron chi connectivity index (χ2n) is 11.1. The minimum Gasteiger partial charge on any atom is -0.394 e. The maximum atomic E-state index is 10.9. The van der Waals surface area contributed by atoms with E-state index in [0.717, 1.165) is 0 Å². The van der Waals surface area contributed by atoms with Gasteiger partial charge in [0.15, 0.2) is 25.2 Å². The largest absolute Gasteiger partial charge is 0.394 e. The molecule has 0 aliphatic carbocycles. The van der Waals surface area contributed by atoms with Crippen LogP contribution in [-0.2, 0) is 33.2 Å². The topological polar surface area (TPSA) is 287 Å². The molecular weight excluding hydrogens is 576 g/mol. The van der Waals surface area contributed by atoms with E-state index >= 15 is 0 Å². The maximum Gasteiger partial charge on any atom is 0.187 e.